The molecule has 0 radical (unpaired) electrons. The standard InChI is InChI=1S/C28H26F3N3O4/c1-16(2)24(26(36)38-3)34-15-19-5-4-18(14-23(19)25(34)35)17-6-10-21(11-7-17)32-27(37)33-22-12-8-20(9-13-22)28(29,30)31/h4-14,16,24H,15H2,1-3H3,(H2,32,33,37)/t24-/m0/s1. The third kappa shape index (κ3) is 5.64. The fraction of sp³-hybridized carbons (Fsp3) is 0.250. The highest BCUT2D eigenvalue weighted by atomic mass is 19.4. The predicted molar refractivity (Wildman–Crippen MR) is 136 cm³/mol. The number of carbonyl (C=O) groups excluding carboxylic acids is 3. The van der Waals surface area contributed by atoms with Crippen molar-refractivity contribution in [2.45, 2.75) is 32.6 Å². The Hall–Kier alpha value is -4.34. The number of fused-ring (bicyclic) bond motifs is 1. The molecule has 3 amide bonds. The molecular weight excluding hydrogens is 499 g/mol. The molecule has 198 valence electrons. The molecule has 3 aromatic rings. The molecule has 1 aliphatic heterocycles. The van der Waals surface area contributed by atoms with E-state index in [2.05, 4.69) is 10.6 Å². The minimum Gasteiger partial charge on any atom is -0.467 e. The number of carbonyl (C=O) groups is 3. The maximum absolute atomic E-state index is 13.1. The number of urea groups is 1. The van der Waals surface area contributed by atoms with Crippen molar-refractivity contribution in [3.05, 3.63) is 83.4 Å². The van der Waals surface area contributed by atoms with Crippen LogP contribution in [0.2, 0.25) is 0 Å². The number of ether oxygens (including phenoxy) is 1. The van der Waals surface area contributed by atoms with Gasteiger partial charge in [-0.3, -0.25) is 4.79 Å². The van der Waals surface area contributed by atoms with Crippen molar-refractivity contribution in [2.75, 3.05) is 17.7 Å². The van der Waals surface area contributed by atoms with E-state index < -0.39 is 29.8 Å². The van der Waals surface area contributed by atoms with Crippen molar-refractivity contribution in [3.63, 3.8) is 0 Å². The molecule has 2 N–H and O–H groups in total. The molecule has 0 fully saturated rings. The van der Waals surface area contributed by atoms with Gasteiger partial charge in [-0.05, 0) is 65.1 Å². The number of hydrogen-bond donors (Lipinski definition) is 2. The van der Waals surface area contributed by atoms with Crippen LogP contribution in [0, 0.1) is 5.92 Å². The van der Waals surface area contributed by atoms with Gasteiger partial charge in [0.2, 0.25) is 0 Å². The van der Waals surface area contributed by atoms with E-state index >= 15 is 0 Å². The summed E-state index contributed by atoms with van der Waals surface area (Å²) in [6.45, 7) is 4.05. The molecule has 0 saturated carbocycles. The van der Waals surface area contributed by atoms with E-state index in [1.807, 2.05) is 26.0 Å². The van der Waals surface area contributed by atoms with E-state index in [0.717, 1.165) is 28.8 Å². The highest BCUT2D eigenvalue weighted by Gasteiger charge is 2.38. The molecule has 1 heterocycles. The molecule has 38 heavy (non-hydrogen) atoms. The minimum absolute atomic E-state index is 0.114. The van der Waals surface area contributed by atoms with Gasteiger partial charge >= 0.3 is 18.2 Å². The zero-order valence-electron chi connectivity index (χ0n) is 20.9. The average Bonchev–Trinajstić information content (AvgIpc) is 3.19. The van der Waals surface area contributed by atoms with Gasteiger partial charge in [0.1, 0.15) is 6.04 Å². The maximum Gasteiger partial charge on any atom is 0.416 e. The number of nitrogens with zero attached hydrogens (tertiary/aromatic N) is 1. The summed E-state index contributed by atoms with van der Waals surface area (Å²) in [6, 6.07) is 15.3. The topological polar surface area (TPSA) is 87.7 Å². The van der Waals surface area contributed by atoms with Crippen LogP contribution in [0.5, 0.6) is 0 Å². The quantitative estimate of drug-likeness (QED) is 0.377. The molecule has 1 aliphatic rings. The van der Waals surface area contributed by atoms with Crippen LogP contribution < -0.4 is 10.6 Å². The highest BCUT2D eigenvalue weighted by Crippen LogP contribution is 2.32. The largest absolute Gasteiger partial charge is 0.467 e. The second-order valence-corrected chi connectivity index (χ2v) is 9.25. The Kier molecular flexibility index (Phi) is 7.43. The predicted octanol–water partition coefficient (Wildman–Crippen LogP) is 6.17. The van der Waals surface area contributed by atoms with Crippen LogP contribution in [0.1, 0.15) is 35.3 Å². The van der Waals surface area contributed by atoms with Gasteiger partial charge in [-0.25, -0.2) is 9.59 Å². The van der Waals surface area contributed by atoms with Crippen molar-refractivity contribution in [2.24, 2.45) is 5.92 Å². The van der Waals surface area contributed by atoms with E-state index in [1.165, 1.54) is 24.1 Å². The van der Waals surface area contributed by atoms with Crippen molar-refractivity contribution < 1.29 is 32.3 Å². The summed E-state index contributed by atoms with van der Waals surface area (Å²) in [6.07, 6.45) is -4.45. The van der Waals surface area contributed by atoms with Gasteiger partial charge in [0.05, 0.1) is 12.7 Å². The fourth-order valence-electron chi connectivity index (χ4n) is 4.39. The summed E-state index contributed by atoms with van der Waals surface area (Å²) in [5, 5.41) is 5.12. The molecule has 1 atom stereocenters. The molecule has 0 saturated heterocycles. The third-order valence-corrected chi connectivity index (χ3v) is 6.30. The van der Waals surface area contributed by atoms with Crippen molar-refractivity contribution in [3.8, 4) is 11.1 Å². The van der Waals surface area contributed by atoms with E-state index in [4.69, 9.17) is 4.74 Å². The van der Waals surface area contributed by atoms with Crippen molar-refractivity contribution in [1.29, 1.82) is 0 Å². The van der Waals surface area contributed by atoms with Crippen LogP contribution in [-0.2, 0) is 22.3 Å². The lowest BCUT2D eigenvalue weighted by Gasteiger charge is -2.28. The number of benzene rings is 3. The van der Waals surface area contributed by atoms with Gasteiger partial charge in [-0.15, -0.1) is 0 Å². The zero-order chi connectivity index (χ0) is 27.6. The minimum atomic E-state index is -4.45. The zero-order valence-corrected chi connectivity index (χ0v) is 20.9. The number of rotatable bonds is 6. The molecule has 10 heteroatoms. The lowest BCUT2D eigenvalue weighted by molar-refractivity contribution is -0.147. The second kappa shape index (κ2) is 10.6. The Morgan fingerprint density at radius 1 is 0.895 bits per heavy atom. The first-order chi connectivity index (χ1) is 18.0. The smallest absolute Gasteiger partial charge is 0.416 e. The van der Waals surface area contributed by atoms with E-state index in [9.17, 15) is 27.6 Å². The molecular formula is C28H26F3N3O4. The molecule has 3 aromatic carbocycles. The monoisotopic (exact) mass is 525 g/mol. The number of nitrogens with one attached hydrogen (secondary N) is 2. The summed E-state index contributed by atoms with van der Waals surface area (Å²) in [5.41, 5.74) is 2.83. The fourth-order valence-corrected chi connectivity index (χ4v) is 4.39. The molecule has 0 bridgehead atoms. The Bertz CT molecular complexity index is 1350. The molecule has 0 aromatic heterocycles. The van der Waals surface area contributed by atoms with Gasteiger partial charge < -0.3 is 20.3 Å². The number of esters is 1. The summed E-state index contributed by atoms with van der Waals surface area (Å²) < 4.78 is 43.0. The number of anilines is 2. The van der Waals surface area contributed by atoms with E-state index in [1.54, 1.807) is 30.3 Å². The molecule has 0 spiro atoms. The van der Waals surface area contributed by atoms with Crippen LogP contribution in [0.4, 0.5) is 29.3 Å². The first kappa shape index (κ1) is 26.7. The Morgan fingerprint density at radius 2 is 1.45 bits per heavy atom. The van der Waals surface area contributed by atoms with Crippen molar-refractivity contribution in [1.82, 2.24) is 4.90 Å². The average molecular weight is 526 g/mol. The Labute approximate surface area is 217 Å². The van der Waals surface area contributed by atoms with Gasteiger partial charge in [0, 0.05) is 23.5 Å². The van der Waals surface area contributed by atoms with Gasteiger partial charge in [0.15, 0.2) is 0 Å². The molecule has 0 aliphatic carbocycles. The number of methoxy groups -OCH3 is 1. The summed E-state index contributed by atoms with van der Waals surface area (Å²) in [7, 11) is 1.31. The van der Waals surface area contributed by atoms with Crippen LogP contribution in [0.3, 0.4) is 0 Å². The van der Waals surface area contributed by atoms with Crippen LogP contribution in [0.15, 0.2) is 66.7 Å². The van der Waals surface area contributed by atoms with E-state index in [-0.39, 0.29) is 17.5 Å². The number of alkyl halides is 3. The van der Waals surface area contributed by atoms with Crippen molar-refractivity contribution >= 4 is 29.3 Å². The molecule has 4 rings (SSSR count). The summed E-state index contributed by atoms with van der Waals surface area (Å²) in [4.78, 5) is 39.2. The normalized spacial score (nSPS) is 13.8. The van der Waals surface area contributed by atoms with Gasteiger partial charge in [-0.1, -0.05) is 38.1 Å². The molecule has 7 nitrogen and oxygen atoms in total. The highest BCUT2D eigenvalue weighted by molar-refractivity contribution is 6.02. The summed E-state index contributed by atoms with van der Waals surface area (Å²) in [5.74, 6) is -0.798. The SMILES string of the molecule is COC(=O)[C@H](C(C)C)N1Cc2ccc(-c3ccc(NC(=O)Nc4ccc(C(F)(F)F)cc4)cc3)cc2C1=O. The molecule has 0 unspecified atom stereocenters. The maximum atomic E-state index is 13.1. The Morgan fingerprint density at radius 3 is 1.97 bits per heavy atom. The number of amides is 3. The van der Waals surface area contributed by atoms with Gasteiger partial charge in [0.25, 0.3) is 5.91 Å². The Balaban J connectivity index is 1.43. The third-order valence-electron chi connectivity index (χ3n) is 6.30. The summed E-state index contributed by atoms with van der Waals surface area (Å²) >= 11 is 0. The van der Waals surface area contributed by atoms with E-state index in [0.29, 0.717) is 17.8 Å². The van der Waals surface area contributed by atoms with Crippen LogP contribution >= 0.6 is 0 Å². The first-order valence-electron chi connectivity index (χ1n) is 11.9. The lowest BCUT2D eigenvalue weighted by atomic mass is 10.00. The van der Waals surface area contributed by atoms with Crippen LogP contribution in [0.25, 0.3) is 11.1 Å². The number of halogens is 3. The number of hydrogen-bond acceptors (Lipinski definition) is 4. The van der Waals surface area contributed by atoms with Crippen LogP contribution in [-0.4, -0.2) is 36.0 Å². The van der Waals surface area contributed by atoms with Gasteiger partial charge in [-0.2, -0.15) is 13.2 Å². The first-order valence-corrected chi connectivity index (χ1v) is 11.9. The second-order valence-electron chi connectivity index (χ2n) is 9.25. The lowest BCUT2D eigenvalue weighted by Crippen LogP contribution is -2.45.